The van der Waals surface area contributed by atoms with E-state index in [0.717, 1.165) is 5.56 Å². The van der Waals surface area contributed by atoms with Gasteiger partial charge in [-0.05, 0) is 42.8 Å². The van der Waals surface area contributed by atoms with E-state index in [-0.39, 0.29) is 17.6 Å². The fourth-order valence-corrected chi connectivity index (χ4v) is 2.62. The molecule has 7 heteroatoms. The summed E-state index contributed by atoms with van der Waals surface area (Å²) in [4.78, 5) is 28.6. The minimum absolute atomic E-state index is 0.216. The molecular formula is C16H13N3O3S. The number of carbonyl (C=O) groups excluding carboxylic acids is 2. The van der Waals surface area contributed by atoms with Crippen LogP contribution in [0.5, 0.6) is 0 Å². The summed E-state index contributed by atoms with van der Waals surface area (Å²) in [6.45, 7) is 1.92. The molecule has 116 valence electrons. The molecule has 3 aromatic rings. The molecule has 0 aliphatic heterocycles. The zero-order chi connectivity index (χ0) is 16.2. The molecule has 0 aromatic carbocycles. The summed E-state index contributed by atoms with van der Waals surface area (Å²) in [5.74, 6) is 0.0669. The van der Waals surface area contributed by atoms with Crippen LogP contribution in [0, 0.1) is 6.92 Å². The van der Waals surface area contributed by atoms with Crippen molar-refractivity contribution in [3.8, 4) is 0 Å². The monoisotopic (exact) mass is 327 g/mol. The minimum atomic E-state index is -0.357. The predicted octanol–water partition coefficient (Wildman–Crippen LogP) is 3.55. The van der Waals surface area contributed by atoms with Crippen molar-refractivity contribution in [2.45, 2.75) is 6.92 Å². The van der Waals surface area contributed by atoms with E-state index in [0.29, 0.717) is 15.7 Å². The second-order valence-corrected chi connectivity index (χ2v) is 5.85. The molecular weight excluding hydrogens is 314 g/mol. The van der Waals surface area contributed by atoms with Crippen LogP contribution in [0.2, 0.25) is 0 Å². The Bertz CT molecular complexity index is 823. The molecule has 0 saturated heterocycles. The lowest BCUT2D eigenvalue weighted by Gasteiger charge is -2.02. The second kappa shape index (κ2) is 6.45. The van der Waals surface area contributed by atoms with E-state index in [4.69, 9.17) is 4.42 Å². The number of nitrogens with zero attached hydrogens (tertiary/aromatic N) is 1. The number of amides is 2. The minimum Gasteiger partial charge on any atom is -0.459 e. The van der Waals surface area contributed by atoms with Gasteiger partial charge >= 0.3 is 0 Å². The number of pyridine rings is 1. The summed E-state index contributed by atoms with van der Waals surface area (Å²) in [5.41, 5.74) is 1.02. The summed E-state index contributed by atoms with van der Waals surface area (Å²) in [7, 11) is 0. The SMILES string of the molecule is Cc1ccc(NC(=O)c2ccc(NC(=O)c3ccco3)s2)nc1. The van der Waals surface area contributed by atoms with E-state index >= 15 is 0 Å². The van der Waals surface area contributed by atoms with Gasteiger partial charge in [-0.2, -0.15) is 0 Å². The Kier molecular flexibility index (Phi) is 4.20. The van der Waals surface area contributed by atoms with Crippen molar-refractivity contribution < 1.29 is 14.0 Å². The molecule has 0 unspecified atom stereocenters. The van der Waals surface area contributed by atoms with Crippen LogP contribution in [0.4, 0.5) is 10.8 Å². The van der Waals surface area contributed by atoms with Crippen LogP contribution in [-0.4, -0.2) is 16.8 Å². The number of rotatable bonds is 4. The van der Waals surface area contributed by atoms with Crippen LogP contribution in [0.15, 0.2) is 53.3 Å². The van der Waals surface area contributed by atoms with Gasteiger partial charge in [-0.15, -0.1) is 11.3 Å². The highest BCUT2D eigenvalue weighted by atomic mass is 32.1. The zero-order valence-corrected chi connectivity index (χ0v) is 13.0. The van der Waals surface area contributed by atoms with Gasteiger partial charge in [0.2, 0.25) is 0 Å². The number of aryl methyl sites for hydroxylation is 1. The van der Waals surface area contributed by atoms with Gasteiger partial charge in [-0.3, -0.25) is 9.59 Å². The number of carbonyl (C=O) groups is 2. The van der Waals surface area contributed by atoms with Crippen molar-refractivity contribution in [3.63, 3.8) is 0 Å². The van der Waals surface area contributed by atoms with Crippen LogP contribution < -0.4 is 10.6 Å². The van der Waals surface area contributed by atoms with Crippen molar-refractivity contribution >= 4 is 34.0 Å². The maximum absolute atomic E-state index is 12.2. The van der Waals surface area contributed by atoms with E-state index in [1.165, 1.54) is 17.6 Å². The normalized spacial score (nSPS) is 10.3. The lowest BCUT2D eigenvalue weighted by Crippen LogP contribution is -2.11. The Labute approximate surface area is 136 Å². The number of aromatic nitrogens is 1. The summed E-state index contributed by atoms with van der Waals surface area (Å²) >= 11 is 1.18. The first-order chi connectivity index (χ1) is 11.1. The third-order valence-corrected chi connectivity index (χ3v) is 3.96. The molecule has 0 fully saturated rings. The summed E-state index contributed by atoms with van der Waals surface area (Å²) in [5, 5.41) is 5.95. The molecule has 0 saturated carbocycles. The highest BCUT2D eigenvalue weighted by molar-refractivity contribution is 7.18. The summed E-state index contributed by atoms with van der Waals surface area (Å²) < 4.78 is 5.02. The molecule has 3 heterocycles. The molecule has 0 bridgehead atoms. The maximum Gasteiger partial charge on any atom is 0.291 e. The number of anilines is 2. The fourth-order valence-electron chi connectivity index (χ4n) is 1.83. The van der Waals surface area contributed by atoms with Gasteiger partial charge in [0, 0.05) is 6.20 Å². The molecule has 0 spiro atoms. The molecule has 0 atom stereocenters. The quantitative estimate of drug-likeness (QED) is 0.767. The van der Waals surface area contributed by atoms with Gasteiger partial charge in [-0.25, -0.2) is 4.98 Å². The van der Waals surface area contributed by atoms with Crippen molar-refractivity contribution in [2.24, 2.45) is 0 Å². The van der Waals surface area contributed by atoms with Crippen LogP contribution >= 0.6 is 11.3 Å². The summed E-state index contributed by atoms with van der Waals surface area (Å²) in [6.07, 6.45) is 3.11. The first-order valence-electron chi connectivity index (χ1n) is 6.80. The van der Waals surface area contributed by atoms with Crippen LogP contribution in [0.3, 0.4) is 0 Å². The van der Waals surface area contributed by atoms with Crippen molar-refractivity contribution in [3.05, 3.63) is 65.1 Å². The van der Waals surface area contributed by atoms with Gasteiger partial charge in [0.05, 0.1) is 16.1 Å². The average Bonchev–Trinajstić information content (AvgIpc) is 3.20. The van der Waals surface area contributed by atoms with Crippen LogP contribution in [-0.2, 0) is 0 Å². The molecule has 2 amide bonds. The third-order valence-electron chi connectivity index (χ3n) is 2.96. The number of furan rings is 1. The first-order valence-corrected chi connectivity index (χ1v) is 7.62. The lowest BCUT2D eigenvalue weighted by molar-refractivity contribution is 0.0995. The largest absolute Gasteiger partial charge is 0.459 e. The predicted molar refractivity (Wildman–Crippen MR) is 87.9 cm³/mol. The van der Waals surface area contributed by atoms with E-state index in [2.05, 4.69) is 15.6 Å². The molecule has 3 rings (SSSR count). The van der Waals surface area contributed by atoms with Crippen LogP contribution in [0.25, 0.3) is 0 Å². The Balaban J connectivity index is 1.65. The van der Waals surface area contributed by atoms with Gasteiger partial charge in [0.1, 0.15) is 5.82 Å². The maximum atomic E-state index is 12.2. The number of hydrogen-bond donors (Lipinski definition) is 2. The number of hydrogen-bond acceptors (Lipinski definition) is 5. The third kappa shape index (κ3) is 3.64. The fraction of sp³-hybridized carbons (Fsp3) is 0.0625. The van der Waals surface area contributed by atoms with Crippen molar-refractivity contribution in [1.82, 2.24) is 4.98 Å². The zero-order valence-electron chi connectivity index (χ0n) is 12.2. The van der Waals surface area contributed by atoms with E-state index in [1.807, 2.05) is 13.0 Å². The average molecular weight is 327 g/mol. The molecule has 0 aliphatic carbocycles. The standard InChI is InChI=1S/C16H13N3O3S/c1-10-4-6-13(17-9-10)18-16(21)12-5-7-14(23-12)19-15(20)11-3-2-8-22-11/h2-9H,1H3,(H,19,20)(H,17,18,21). The Morgan fingerprint density at radius 1 is 1.09 bits per heavy atom. The molecule has 3 aromatic heterocycles. The molecule has 0 aliphatic rings. The Hall–Kier alpha value is -2.93. The van der Waals surface area contributed by atoms with Gasteiger partial charge in [-0.1, -0.05) is 6.07 Å². The van der Waals surface area contributed by atoms with Gasteiger partial charge < -0.3 is 15.1 Å². The lowest BCUT2D eigenvalue weighted by atomic mass is 10.3. The van der Waals surface area contributed by atoms with Crippen molar-refractivity contribution in [1.29, 1.82) is 0 Å². The highest BCUT2D eigenvalue weighted by Crippen LogP contribution is 2.23. The topological polar surface area (TPSA) is 84.2 Å². The first kappa shape index (κ1) is 15.0. The second-order valence-electron chi connectivity index (χ2n) is 4.77. The van der Waals surface area contributed by atoms with E-state index in [1.54, 1.807) is 36.5 Å². The van der Waals surface area contributed by atoms with Gasteiger partial charge in [0.15, 0.2) is 5.76 Å². The van der Waals surface area contributed by atoms with E-state index in [9.17, 15) is 9.59 Å². The number of thiophene rings is 1. The summed E-state index contributed by atoms with van der Waals surface area (Å²) in [6, 6.07) is 10.1. The number of nitrogens with one attached hydrogen (secondary N) is 2. The molecule has 6 nitrogen and oxygen atoms in total. The van der Waals surface area contributed by atoms with Gasteiger partial charge in [0.25, 0.3) is 11.8 Å². The highest BCUT2D eigenvalue weighted by Gasteiger charge is 2.13. The van der Waals surface area contributed by atoms with E-state index < -0.39 is 0 Å². The Morgan fingerprint density at radius 3 is 2.65 bits per heavy atom. The molecule has 2 N–H and O–H groups in total. The Morgan fingerprint density at radius 2 is 1.96 bits per heavy atom. The molecule has 0 radical (unpaired) electrons. The van der Waals surface area contributed by atoms with Crippen LogP contribution in [0.1, 0.15) is 25.8 Å². The smallest absolute Gasteiger partial charge is 0.291 e. The van der Waals surface area contributed by atoms with Crippen molar-refractivity contribution in [2.75, 3.05) is 10.6 Å². The molecule has 23 heavy (non-hydrogen) atoms.